The Balaban J connectivity index is 2.04. The molecule has 2 aromatic carbocycles. The molecule has 1 amide bonds. The molecule has 1 unspecified atom stereocenters. The molecule has 26 heavy (non-hydrogen) atoms. The van der Waals surface area contributed by atoms with Crippen LogP contribution in [0.1, 0.15) is 42.5 Å². The van der Waals surface area contributed by atoms with E-state index in [0.717, 1.165) is 5.56 Å². The topological polar surface area (TPSA) is 66.5 Å². The maximum atomic E-state index is 13.3. The quantitative estimate of drug-likeness (QED) is 0.897. The maximum Gasteiger partial charge on any atom is 0.244 e. The normalized spacial score (nSPS) is 18.8. The van der Waals surface area contributed by atoms with E-state index in [0.29, 0.717) is 23.6 Å². The summed E-state index contributed by atoms with van der Waals surface area (Å²) in [5, 5.41) is 2.79. The van der Waals surface area contributed by atoms with E-state index in [1.54, 1.807) is 31.2 Å². The van der Waals surface area contributed by atoms with Crippen LogP contribution in [0.15, 0.2) is 53.4 Å². The second kappa shape index (κ2) is 7.21. The van der Waals surface area contributed by atoms with Crippen molar-refractivity contribution < 1.29 is 13.2 Å². The monoisotopic (exact) mass is 372 g/mol. The zero-order valence-electron chi connectivity index (χ0n) is 15.3. The average molecular weight is 372 g/mol. The van der Waals surface area contributed by atoms with Gasteiger partial charge in [0.2, 0.25) is 15.9 Å². The fraction of sp³-hybridized carbons (Fsp3) is 0.350. The largest absolute Gasteiger partial charge is 0.353 e. The van der Waals surface area contributed by atoms with Gasteiger partial charge < -0.3 is 5.32 Å². The third kappa shape index (κ3) is 3.39. The first-order valence-electron chi connectivity index (χ1n) is 8.77. The molecule has 1 aliphatic heterocycles. The summed E-state index contributed by atoms with van der Waals surface area (Å²) in [6, 6.07) is 13.6. The van der Waals surface area contributed by atoms with Crippen molar-refractivity contribution in [1.82, 2.24) is 9.62 Å². The van der Waals surface area contributed by atoms with Crippen LogP contribution in [0.5, 0.6) is 0 Å². The molecule has 1 atom stereocenters. The molecular formula is C20H24N2O3S. The summed E-state index contributed by atoms with van der Waals surface area (Å²) in [6.07, 6.45) is 0. The van der Waals surface area contributed by atoms with Crippen molar-refractivity contribution in [3.8, 4) is 0 Å². The Bertz CT molecular complexity index is 905. The lowest BCUT2D eigenvalue weighted by molar-refractivity contribution is -0.126. The van der Waals surface area contributed by atoms with Crippen LogP contribution in [-0.2, 0) is 14.8 Å². The standard InChI is InChI=1S/C20H24N2O3S/c1-14(2)16-8-10-17(11-9-16)19-20(23)21-12-13-22(19)26(24,25)18-7-5-4-6-15(18)3/h4-11,14,19H,12-13H2,1-3H3,(H,21,23). The summed E-state index contributed by atoms with van der Waals surface area (Å²) < 4.78 is 27.8. The molecule has 0 aliphatic carbocycles. The molecule has 0 saturated carbocycles. The van der Waals surface area contributed by atoms with Crippen molar-refractivity contribution in [2.24, 2.45) is 0 Å². The minimum Gasteiger partial charge on any atom is -0.353 e. The van der Waals surface area contributed by atoms with E-state index in [1.807, 2.05) is 24.3 Å². The predicted octanol–water partition coefficient (Wildman–Crippen LogP) is 2.98. The molecule has 0 bridgehead atoms. The number of sulfonamides is 1. The second-order valence-corrected chi connectivity index (χ2v) is 8.76. The van der Waals surface area contributed by atoms with Crippen LogP contribution in [0.25, 0.3) is 0 Å². The maximum absolute atomic E-state index is 13.3. The van der Waals surface area contributed by atoms with E-state index in [9.17, 15) is 13.2 Å². The minimum absolute atomic E-state index is 0.249. The first-order chi connectivity index (χ1) is 12.3. The van der Waals surface area contributed by atoms with Gasteiger partial charge in [-0.1, -0.05) is 56.3 Å². The van der Waals surface area contributed by atoms with E-state index >= 15 is 0 Å². The number of rotatable bonds is 4. The summed E-state index contributed by atoms with van der Waals surface area (Å²) in [7, 11) is -3.78. The summed E-state index contributed by atoms with van der Waals surface area (Å²) in [4.78, 5) is 12.8. The Labute approximate surface area is 155 Å². The number of aryl methyl sites for hydroxylation is 1. The highest BCUT2D eigenvalue weighted by molar-refractivity contribution is 7.89. The SMILES string of the molecule is Cc1ccccc1S(=O)(=O)N1CCNC(=O)C1c1ccc(C(C)C)cc1. The van der Waals surface area contributed by atoms with Gasteiger partial charge in [-0.05, 0) is 35.6 Å². The highest BCUT2D eigenvalue weighted by atomic mass is 32.2. The number of amides is 1. The van der Waals surface area contributed by atoms with Crippen LogP contribution >= 0.6 is 0 Å². The highest BCUT2D eigenvalue weighted by Crippen LogP contribution is 2.31. The summed E-state index contributed by atoms with van der Waals surface area (Å²) in [5.74, 6) is 0.0849. The van der Waals surface area contributed by atoms with Gasteiger partial charge in [-0.3, -0.25) is 4.79 Å². The number of hydrogen-bond acceptors (Lipinski definition) is 3. The number of piperazine rings is 1. The van der Waals surface area contributed by atoms with Crippen LogP contribution < -0.4 is 5.32 Å². The zero-order chi connectivity index (χ0) is 18.9. The lowest BCUT2D eigenvalue weighted by Gasteiger charge is -2.34. The molecule has 1 heterocycles. The van der Waals surface area contributed by atoms with E-state index in [-0.39, 0.29) is 17.3 Å². The Morgan fingerprint density at radius 2 is 1.73 bits per heavy atom. The molecule has 3 rings (SSSR count). The molecule has 1 fully saturated rings. The van der Waals surface area contributed by atoms with E-state index in [1.165, 1.54) is 4.31 Å². The molecule has 1 aliphatic rings. The molecule has 0 radical (unpaired) electrons. The Kier molecular flexibility index (Phi) is 5.16. The Hall–Kier alpha value is -2.18. The molecule has 1 N–H and O–H groups in total. The minimum atomic E-state index is -3.78. The predicted molar refractivity (Wildman–Crippen MR) is 101 cm³/mol. The number of nitrogens with one attached hydrogen (secondary N) is 1. The summed E-state index contributed by atoms with van der Waals surface area (Å²) in [5.41, 5.74) is 2.51. The molecule has 6 heteroatoms. The van der Waals surface area contributed by atoms with E-state index in [4.69, 9.17) is 0 Å². The van der Waals surface area contributed by atoms with Gasteiger partial charge in [-0.25, -0.2) is 8.42 Å². The second-order valence-electron chi connectivity index (χ2n) is 6.90. The number of carbonyl (C=O) groups is 1. The third-order valence-electron chi connectivity index (χ3n) is 4.77. The van der Waals surface area contributed by atoms with Crippen molar-refractivity contribution in [3.05, 3.63) is 65.2 Å². The number of nitrogens with zero attached hydrogens (tertiary/aromatic N) is 1. The molecule has 1 saturated heterocycles. The van der Waals surface area contributed by atoms with Crippen LogP contribution in [-0.4, -0.2) is 31.7 Å². The van der Waals surface area contributed by atoms with Crippen molar-refractivity contribution in [2.45, 2.75) is 37.6 Å². The zero-order valence-corrected chi connectivity index (χ0v) is 16.1. The number of hydrogen-bond donors (Lipinski definition) is 1. The molecular weight excluding hydrogens is 348 g/mol. The van der Waals surface area contributed by atoms with Gasteiger partial charge in [0.1, 0.15) is 6.04 Å². The molecule has 138 valence electrons. The average Bonchev–Trinajstić information content (AvgIpc) is 2.62. The summed E-state index contributed by atoms with van der Waals surface area (Å²) >= 11 is 0. The van der Waals surface area contributed by atoms with E-state index < -0.39 is 16.1 Å². The van der Waals surface area contributed by atoms with Gasteiger partial charge in [0.25, 0.3) is 0 Å². The van der Waals surface area contributed by atoms with Crippen LogP contribution in [0.3, 0.4) is 0 Å². The fourth-order valence-corrected chi connectivity index (χ4v) is 5.06. The first-order valence-corrected chi connectivity index (χ1v) is 10.2. The van der Waals surface area contributed by atoms with Crippen LogP contribution in [0, 0.1) is 6.92 Å². The Morgan fingerprint density at radius 3 is 2.35 bits per heavy atom. The van der Waals surface area contributed by atoms with Crippen molar-refractivity contribution in [3.63, 3.8) is 0 Å². The van der Waals surface area contributed by atoms with Crippen LogP contribution in [0.4, 0.5) is 0 Å². The van der Waals surface area contributed by atoms with Crippen LogP contribution in [0.2, 0.25) is 0 Å². The first kappa shape index (κ1) is 18.6. The van der Waals surface area contributed by atoms with Crippen molar-refractivity contribution in [1.29, 1.82) is 0 Å². The number of carbonyl (C=O) groups excluding carboxylic acids is 1. The van der Waals surface area contributed by atoms with Gasteiger partial charge in [0.05, 0.1) is 4.90 Å². The van der Waals surface area contributed by atoms with Gasteiger partial charge >= 0.3 is 0 Å². The summed E-state index contributed by atoms with van der Waals surface area (Å²) in [6.45, 7) is 6.52. The smallest absolute Gasteiger partial charge is 0.244 e. The number of benzene rings is 2. The van der Waals surface area contributed by atoms with E-state index in [2.05, 4.69) is 19.2 Å². The van der Waals surface area contributed by atoms with Crippen molar-refractivity contribution >= 4 is 15.9 Å². The Morgan fingerprint density at radius 1 is 1.08 bits per heavy atom. The molecule has 2 aromatic rings. The van der Waals surface area contributed by atoms with Crippen molar-refractivity contribution in [2.75, 3.05) is 13.1 Å². The lowest BCUT2D eigenvalue weighted by Crippen LogP contribution is -2.52. The van der Waals surface area contributed by atoms with Gasteiger partial charge in [0.15, 0.2) is 0 Å². The third-order valence-corrected chi connectivity index (χ3v) is 6.79. The van der Waals surface area contributed by atoms with Gasteiger partial charge in [-0.15, -0.1) is 0 Å². The molecule has 0 spiro atoms. The van der Waals surface area contributed by atoms with Gasteiger partial charge in [0, 0.05) is 13.1 Å². The lowest BCUT2D eigenvalue weighted by atomic mass is 9.98. The highest BCUT2D eigenvalue weighted by Gasteiger charge is 2.39. The van der Waals surface area contributed by atoms with Gasteiger partial charge in [-0.2, -0.15) is 4.31 Å². The fourth-order valence-electron chi connectivity index (χ4n) is 3.26. The molecule has 5 nitrogen and oxygen atoms in total. The molecule has 0 aromatic heterocycles.